The van der Waals surface area contributed by atoms with Crippen molar-refractivity contribution >= 4 is 5.97 Å². The van der Waals surface area contributed by atoms with E-state index >= 15 is 0 Å². The lowest BCUT2D eigenvalue weighted by molar-refractivity contribution is -0.146. The summed E-state index contributed by atoms with van der Waals surface area (Å²) in [7, 11) is 0. The van der Waals surface area contributed by atoms with E-state index < -0.39 is 0 Å². The summed E-state index contributed by atoms with van der Waals surface area (Å²) in [5.74, 6) is -0.203. The molecule has 11 heavy (non-hydrogen) atoms. The summed E-state index contributed by atoms with van der Waals surface area (Å²) < 4.78 is 5.02. The Kier molecular flexibility index (Phi) is 5.53. The number of hydrogen-bond acceptors (Lipinski definition) is 2. The molecule has 0 heterocycles. The van der Waals surface area contributed by atoms with Crippen LogP contribution in [0.1, 0.15) is 33.1 Å². The number of carbonyl (C=O) groups excluding carboxylic acids is 1. The van der Waals surface area contributed by atoms with E-state index in [0.29, 0.717) is 0 Å². The lowest BCUT2D eigenvalue weighted by atomic mass is 10.1. The summed E-state index contributed by atoms with van der Waals surface area (Å²) in [6.07, 6.45) is 4.53. The molecule has 0 saturated carbocycles. The van der Waals surface area contributed by atoms with Crippen molar-refractivity contribution in [3.8, 4) is 0 Å². The largest absolute Gasteiger partial charge is 0.462 e. The van der Waals surface area contributed by atoms with Gasteiger partial charge in [0.1, 0.15) is 6.10 Å². The molecule has 0 aliphatic rings. The molecule has 1 atom stereocenters. The first-order valence-electron chi connectivity index (χ1n) is 3.98. The van der Waals surface area contributed by atoms with Crippen LogP contribution in [0.4, 0.5) is 0 Å². The van der Waals surface area contributed by atoms with Gasteiger partial charge in [-0.25, -0.2) is 0 Å². The van der Waals surface area contributed by atoms with Gasteiger partial charge in [0, 0.05) is 13.3 Å². The van der Waals surface area contributed by atoms with Gasteiger partial charge in [-0.1, -0.05) is 19.4 Å². The fourth-order valence-corrected chi connectivity index (χ4v) is 0.967. The topological polar surface area (TPSA) is 26.3 Å². The quantitative estimate of drug-likeness (QED) is 0.451. The second kappa shape index (κ2) is 5.96. The minimum absolute atomic E-state index is 0.0370. The summed E-state index contributed by atoms with van der Waals surface area (Å²) in [4.78, 5) is 10.5. The van der Waals surface area contributed by atoms with Crippen molar-refractivity contribution in [1.29, 1.82) is 0 Å². The Morgan fingerprint density at radius 2 is 2.36 bits per heavy atom. The Balaban J connectivity index is 3.67. The van der Waals surface area contributed by atoms with Gasteiger partial charge in [0.25, 0.3) is 0 Å². The van der Waals surface area contributed by atoms with Crippen molar-refractivity contribution in [3.63, 3.8) is 0 Å². The number of carbonyl (C=O) groups is 1. The standard InChI is InChI=1S/C9H16O2/c1-4-6-9(7-5-2)11-8(3)10/h4,9H,1,5-7H2,2-3H3. The van der Waals surface area contributed by atoms with Crippen molar-refractivity contribution in [2.75, 3.05) is 0 Å². The lowest BCUT2D eigenvalue weighted by Crippen LogP contribution is -2.14. The van der Waals surface area contributed by atoms with Crippen molar-refractivity contribution in [1.82, 2.24) is 0 Å². The first-order chi connectivity index (χ1) is 5.20. The average Bonchev–Trinajstić information content (AvgIpc) is 1.87. The molecule has 0 N–H and O–H groups in total. The predicted molar refractivity (Wildman–Crippen MR) is 45.3 cm³/mol. The Morgan fingerprint density at radius 3 is 2.73 bits per heavy atom. The third-order valence-electron chi connectivity index (χ3n) is 1.37. The van der Waals surface area contributed by atoms with Gasteiger partial charge in [0.15, 0.2) is 0 Å². The first kappa shape index (κ1) is 10.2. The van der Waals surface area contributed by atoms with Crippen molar-refractivity contribution in [2.45, 2.75) is 39.2 Å². The van der Waals surface area contributed by atoms with Gasteiger partial charge in [-0.3, -0.25) is 4.79 Å². The highest BCUT2D eigenvalue weighted by Gasteiger charge is 2.07. The highest BCUT2D eigenvalue weighted by molar-refractivity contribution is 5.66. The van der Waals surface area contributed by atoms with E-state index in [0.717, 1.165) is 19.3 Å². The third-order valence-corrected chi connectivity index (χ3v) is 1.37. The molecule has 0 radical (unpaired) electrons. The highest BCUT2D eigenvalue weighted by atomic mass is 16.5. The van der Waals surface area contributed by atoms with Gasteiger partial charge < -0.3 is 4.74 Å². The van der Waals surface area contributed by atoms with Gasteiger partial charge >= 0.3 is 5.97 Å². The van der Waals surface area contributed by atoms with Gasteiger partial charge in [0.2, 0.25) is 0 Å². The maximum Gasteiger partial charge on any atom is 0.302 e. The Bertz CT molecular complexity index is 130. The monoisotopic (exact) mass is 156 g/mol. The molecular formula is C9H16O2. The molecule has 0 rings (SSSR count). The third kappa shape index (κ3) is 5.64. The Hall–Kier alpha value is -0.790. The van der Waals surface area contributed by atoms with Crippen LogP contribution in [0.2, 0.25) is 0 Å². The van der Waals surface area contributed by atoms with E-state index in [1.807, 2.05) is 0 Å². The van der Waals surface area contributed by atoms with Crippen LogP contribution in [-0.2, 0) is 9.53 Å². The summed E-state index contributed by atoms with van der Waals surface area (Å²) in [5, 5.41) is 0. The van der Waals surface area contributed by atoms with Crippen LogP contribution in [0, 0.1) is 0 Å². The fourth-order valence-electron chi connectivity index (χ4n) is 0.967. The van der Waals surface area contributed by atoms with Gasteiger partial charge in [-0.2, -0.15) is 0 Å². The molecule has 0 aromatic heterocycles. The van der Waals surface area contributed by atoms with Crippen LogP contribution in [0.3, 0.4) is 0 Å². The number of esters is 1. The van der Waals surface area contributed by atoms with E-state index in [4.69, 9.17) is 4.74 Å². The second-order valence-corrected chi connectivity index (χ2v) is 2.54. The van der Waals surface area contributed by atoms with E-state index in [9.17, 15) is 4.79 Å². The molecule has 0 aromatic rings. The molecule has 0 spiro atoms. The van der Waals surface area contributed by atoms with Gasteiger partial charge in [-0.05, 0) is 6.42 Å². The van der Waals surface area contributed by atoms with E-state index in [2.05, 4.69) is 13.5 Å². The molecule has 0 aliphatic carbocycles. The van der Waals surface area contributed by atoms with Crippen LogP contribution >= 0.6 is 0 Å². The molecule has 0 bridgehead atoms. The molecule has 0 amide bonds. The minimum Gasteiger partial charge on any atom is -0.462 e. The van der Waals surface area contributed by atoms with E-state index in [-0.39, 0.29) is 12.1 Å². The average molecular weight is 156 g/mol. The number of rotatable bonds is 5. The summed E-state index contributed by atoms with van der Waals surface area (Å²) in [5.41, 5.74) is 0. The van der Waals surface area contributed by atoms with Crippen molar-refractivity contribution < 1.29 is 9.53 Å². The van der Waals surface area contributed by atoms with E-state index in [1.165, 1.54) is 6.92 Å². The van der Waals surface area contributed by atoms with Crippen LogP contribution in [-0.4, -0.2) is 12.1 Å². The second-order valence-electron chi connectivity index (χ2n) is 2.54. The summed E-state index contributed by atoms with van der Waals surface area (Å²) in [6, 6.07) is 0. The molecule has 0 fully saturated rings. The zero-order valence-electron chi connectivity index (χ0n) is 7.30. The lowest BCUT2D eigenvalue weighted by Gasteiger charge is -2.13. The summed E-state index contributed by atoms with van der Waals surface area (Å²) >= 11 is 0. The van der Waals surface area contributed by atoms with Crippen LogP contribution in [0.25, 0.3) is 0 Å². The smallest absolute Gasteiger partial charge is 0.302 e. The minimum atomic E-state index is -0.203. The number of hydrogen-bond donors (Lipinski definition) is 0. The Labute approximate surface area is 68.2 Å². The first-order valence-corrected chi connectivity index (χ1v) is 3.98. The predicted octanol–water partition coefficient (Wildman–Crippen LogP) is 2.29. The molecular weight excluding hydrogens is 140 g/mol. The van der Waals surface area contributed by atoms with Crippen LogP contribution in [0.5, 0.6) is 0 Å². The zero-order chi connectivity index (χ0) is 8.69. The van der Waals surface area contributed by atoms with Crippen LogP contribution < -0.4 is 0 Å². The molecule has 0 saturated heterocycles. The van der Waals surface area contributed by atoms with Crippen LogP contribution in [0.15, 0.2) is 12.7 Å². The molecule has 64 valence electrons. The van der Waals surface area contributed by atoms with Gasteiger partial charge in [0.05, 0.1) is 0 Å². The maximum absolute atomic E-state index is 10.5. The van der Waals surface area contributed by atoms with Crippen molar-refractivity contribution in [2.24, 2.45) is 0 Å². The van der Waals surface area contributed by atoms with Gasteiger partial charge in [-0.15, -0.1) is 6.58 Å². The normalized spacial score (nSPS) is 12.2. The molecule has 0 aliphatic heterocycles. The summed E-state index contributed by atoms with van der Waals surface area (Å²) in [6.45, 7) is 7.10. The molecule has 1 unspecified atom stereocenters. The highest BCUT2D eigenvalue weighted by Crippen LogP contribution is 2.07. The maximum atomic E-state index is 10.5. The zero-order valence-corrected chi connectivity index (χ0v) is 7.30. The van der Waals surface area contributed by atoms with Crippen molar-refractivity contribution in [3.05, 3.63) is 12.7 Å². The van der Waals surface area contributed by atoms with E-state index in [1.54, 1.807) is 6.08 Å². The molecule has 2 heteroatoms. The number of ether oxygens (including phenoxy) is 1. The SMILES string of the molecule is C=CCC(CCC)OC(C)=O. The molecule has 2 nitrogen and oxygen atoms in total. The molecule has 0 aromatic carbocycles. The fraction of sp³-hybridized carbons (Fsp3) is 0.667. The Morgan fingerprint density at radius 1 is 1.73 bits per heavy atom.